The van der Waals surface area contributed by atoms with Gasteiger partial charge in [0.05, 0.1) is 11.9 Å². The van der Waals surface area contributed by atoms with Crippen LogP contribution in [0, 0.1) is 0 Å². The molecule has 0 atom stereocenters. The van der Waals surface area contributed by atoms with Gasteiger partial charge in [0.25, 0.3) is 0 Å². The zero-order valence-electron chi connectivity index (χ0n) is 7.78. The highest BCUT2D eigenvalue weighted by molar-refractivity contribution is 6.29. The first-order valence-corrected chi connectivity index (χ1v) is 4.37. The quantitative estimate of drug-likeness (QED) is 0.628. The number of carbonyl (C=O) groups excluding carboxylic acids is 2. The molecule has 0 saturated carbocycles. The lowest BCUT2D eigenvalue weighted by Crippen LogP contribution is -2.09. The van der Waals surface area contributed by atoms with Crippen molar-refractivity contribution in [1.29, 1.82) is 0 Å². The number of carbonyl (C=O) groups is 2. The van der Waals surface area contributed by atoms with Crippen molar-refractivity contribution in [1.82, 2.24) is 0 Å². The first-order valence-electron chi connectivity index (χ1n) is 4.37. The minimum absolute atomic E-state index is 0.00908. The first kappa shape index (κ1) is 8.81. The zero-order valence-corrected chi connectivity index (χ0v) is 7.78. The highest BCUT2D eigenvalue weighted by Crippen LogP contribution is 2.23. The second kappa shape index (κ2) is 3.18. The van der Waals surface area contributed by atoms with Gasteiger partial charge < -0.3 is 0 Å². The number of Topliss-reactive ketones (excluding diaryl/α,β-unsaturated/α-hetero) is 2. The maximum absolute atomic E-state index is 11.1. The molecular formula is C11H9NO2. The molecule has 3 nitrogen and oxygen atoms in total. The summed E-state index contributed by atoms with van der Waals surface area (Å²) in [5, 5.41) is 0. The van der Waals surface area contributed by atoms with Crippen molar-refractivity contribution in [3.8, 4) is 0 Å². The Hall–Kier alpha value is -1.77. The molecule has 0 radical (unpaired) electrons. The van der Waals surface area contributed by atoms with E-state index in [1.165, 1.54) is 13.1 Å². The van der Waals surface area contributed by atoms with Gasteiger partial charge in [0.1, 0.15) is 0 Å². The van der Waals surface area contributed by atoms with Crippen molar-refractivity contribution < 1.29 is 9.59 Å². The summed E-state index contributed by atoms with van der Waals surface area (Å²) in [5.41, 5.74) is 2.26. The molecule has 14 heavy (non-hydrogen) atoms. The van der Waals surface area contributed by atoms with E-state index in [4.69, 9.17) is 0 Å². The third-order valence-electron chi connectivity index (χ3n) is 2.20. The third-order valence-corrected chi connectivity index (χ3v) is 2.20. The predicted molar refractivity (Wildman–Crippen MR) is 53.3 cm³/mol. The summed E-state index contributed by atoms with van der Waals surface area (Å²) in [4.78, 5) is 26.2. The lowest BCUT2D eigenvalue weighted by atomic mass is 10.0. The number of hydrogen-bond acceptors (Lipinski definition) is 3. The standard InChI is InChI=1S/C11H9NO2/c1-7(13)8-2-3-11-9(4-8)5-10(14)6-12-11/h2-4,6H,5H2,1H3. The second-order valence-electron chi connectivity index (χ2n) is 3.30. The third kappa shape index (κ3) is 1.48. The van der Waals surface area contributed by atoms with Gasteiger partial charge in [-0.15, -0.1) is 0 Å². The van der Waals surface area contributed by atoms with Crippen molar-refractivity contribution in [3.63, 3.8) is 0 Å². The molecule has 1 aliphatic rings. The molecule has 1 heterocycles. The van der Waals surface area contributed by atoms with Crippen molar-refractivity contribution in [2.45, 2.75) is 13.3 Å². The number of aliphatic imine (C=N–C) groups is 1. The minimum atomic E-state index is -0.0156. The van der Waals surface area contributed by atoms with Gasteiger partial charge in [-0.1, -0.05) is 0 Å². The molecule has 1 aromatic carbocycles. The van der Waals surface area contributed by atoms with Crippen LogP contribution in [0.25, 0.3) is 0 Å². The average molecular weight is 187 g/mol. The van der Waals surface area contributed by atoms with Crippen LogP contribution in [-0.4, -0.2) is 17.8 Å². The number of hydrogen-bond donors (Lipinski definition) is 0. The van der Waals surface area contributed by atoms with Gasteiger partial charge in [0.2, 0.25) is 0 Å². The monoisotopic (exact) mass is 187 g/mol. The van der Waals surface area contributed by atoms with E-state index in [9.17, 15) is 9.59 Å². The number of nitrogens with zero attached hydrogens (tertiary/aromatic N) is 1. The van der Waals surface area contributed by atoms with Crippen LogP contribution >= 0.6 is 0 Å². The lowest BCUT2D eigenvalue weighted by molar-refractivity contribution is -0.112. The van der Waals surface area contributed by atoms with Gasteiger partial charge in [-0.2, -0.15) is 0 Å². The SMILES string of the molecule is CC(=O)c1ccc2c(c1)CC(=O)C=N2. The van der Waals surface area contributed by atoms with E-state index in [0.29, 0.717) is 12.0 Å². The predicted octanol–water partition coefficient (Wildman–Crippen LogP) is 1.72. The van der Waals surface area contributed by atoms with Gasteiger partial charge in [0, 0.05) is 12.0 Å². The molecule has 1 aliphatic heterocycles. The van der Waals surface area contributed by atoms with Crippen LogP contribution < -0.4 is 0 Å². The highest BCUT2D eigenvalue weighted by atomic mass is 16.1. The lowest BCUT2D eigenvalue weighted by Gasteiger charge is -2.09. The minimum Gasteiger partial charge on any atom is -0.295 e. The Labute approximate surface area is 81.5 Å². The van der Waals surface area contributed by atoms with E-state index in [0.717, 1.165) is 11.3 Å². The fourth-order valence-electron chi connectivity index (χ4n) is 1.45. The van der Waals surface area contributed by atoms with Crippen LogP contribution in [0.3, 0.4) is 0 Å². The molecule has 0 fully saturated rings. The summed E-state index contributed by atoms with van der Waals surface area (Å²) in [7, 11) is 0. The van der Waals surface area contributed by atoms with Gasteiger partial charge in [0.15, 0.2) is 11.6 Å². The molecule has 1 aromatic rings. The van der Waals surface area contributed by atoms with E-state index in [1.54, 1.807) is 18.2 Å². The molecule has 0 unspecified atom stereocenters. The Kier molecular flexibility index (Phi) is 2.00. The molecule has 2 rings (SSSR count). The maximum atomic E-state index is 11.1. The van der Waals surface area contributed by atoms with E-state index >= 15 is 0 Å². The fourth-order valence-corrected chi connectivity index (χ4v) is 1.45. The summed E-state index contributed by atoms with van der Waals surface area (Å²) in [6, 6.07) is 5.25. The smallest absolute Gasteiger partial charge is 0.178 e. The number of fused-ring (bicyclic) bond motifs is 1. The summed E-state index contributed by atoms with van der Waals surface area (Å²) >= 11 is 0. The normalized spacial score (nSPS) is 13.9. The van der Waals surface area contributed by atoms with E-state index in [2.05, 4.69) is 4.99 Å². The highest BCUT2D eigenvalue weighted by Gasteiger charge is 2.12. The molecule has 0 saturated heterocycles. The van der Waals surface area contributed by atoms with Crippen molar-refractivity contribution in [2.75, 3.05) is 0 Å². The molecule has 0 spiro atoms. The van der Waals surface area contributed by atoms with E-state index in [1.807, 2.05) is 0 Å². The Bertz CT molecular complexity index is 447. The number of benzene rings is 1. The molecule has 0 amide bonds. The Morgan fingerprint density at radius 1 is 1.43 bits per heavy atom. The van der Waals surface area contributed by atoms with Gasteiger partial charge in [-0.3, -0.25) is 14.6 Å². The molecule has 0 bridgehead atoms. The molecular weight excluding hydrogens is 178 g/mol. The molecule has 0 aromatic heterocycles. The summed E-state index contributed by atoms with van der Waals surface area (Å²) in [6.07, 6.45) is 1.68. The van der Waals surface area contributed by atoms with Crippen LogP contribution in [0.5, 0.6) is 0 Å². The average Bonchev–Trinajstić information content (AvgIpc) is 2.16. The summed E-state index contributed by atoms with van der Waals surface area (Å²) in [5.74, 6) is -0.00648. The van der Waals surface area contributed by atoms with Gasteiger partial charge in [-0.25, -0.2) is 0 Å². The topological polar surface area (TPSA) is 46.5 Å². The van der Waals surface area contributed by atoms with Crippen LogP contribution in [-0.2, 0) is 11.2 Å². The van der Waals surface area contributed by atoms with Gasteiger partial charge in [-0.05, 0) is 30.7 Å². The molecule has 70 valence electrons. The Morgan fingerprint density at radius 2 is 2.21 bits per heavy atom. The number of ketones is 2. The Morgan fingerprint density at radius 3 is 2.93 bits per heavy atom. The maximum Gasteiger partial charge on any atom is 0.178 e. The van der Waals surface area contributed by atoms with Crippen molar-refractivity contribution >= 4 is 23.5 Å². The molecule has 0 aliphatic carbocycles. The first-order chi connectivity index (χ1) is 6.66. The molecule has 3 heteroatoms. The van der Waals surface area contributed by atoms with Crippen molar-refractivity contribution in [2.24, 2.45) is 4.99 Å². The zero-order chi connectivity index (χ0) is 10.1. The largest absolute Gasteiger partial charge is 0.295 e. The summed E-state index contributed by atoms with van der Waals surface area (Å²) < 4.78 is 0. The number of rotatable bonds is 1. The molecule has 0 N–H and O–H groups in total. The Balaban J connectivity index is 2.49. The van der Waals surface area contributed by atoms with Crippen LogP contribution in [0.2, 0.25) is 0 Å². The summed E-state index contributed by atoms with van der Waals surface area (Å²) in [6.45, 7) is 1.51. The van der Waals surface area contributed by atoms with Crippen LogP contribution in [0.4, 0.5) is 5.69 Å². The van der Waals surface area contributed by atoms with Crippen LogP contribution in [0.15, 0.2) is 23.2 Å². The van der Waals surface area contributed by atoms with E-state index in [-0.39, 0.29) is 11.6 Å². The van der Waals surface area contributed by atoms with Crippen molar-refractivity contribution in [3.05, 3.63) is 29.3 Å². The fraction of sp³-hybridized carbons (Fsp3) is 0.182. The van der Waals surface area contributed by atoms with E-state index < -0.39 is 0 Å². The van der Waals surface area contributed by atoms with Crippen LogP contribution in [0.1, 0.15) is 22.8 Å². The second-order valence-corrected chi connectivity index (χ2v) is 3.30. The van der Waals surface area contributed by atoms with Gasteiger partial charge >= 0.3 is 0 Å².